The van der Waals surface area contributed by atoms with Crippen LogP contribution in [0.3, 0.4) is 0 Å². The maximum Gasteiger partial charge on any atom is 0.271 e. The molecule has 2 rings (SSSR count). The third-order valence-corrected chi connectivity index (χ3v) is 1.88. The van der Waals surface area contributed by atoms with Gasteiger partial charge in [0.25, 0.3) is 5.91 Å². The fraction of sp³-hybridized carbons (Fsp3) is 0.111. The van der Waals surface area contributed by atoms with E-state index in [9.17, 15) is 4.79 Å². The van der Waals surface area contributed by atoms with Gasteiger partial charge in [-0.15, -0.1) is 10.2 Å². The lowest BCUT2D eigenvalue weighted by Gasteiger charge is -2.00. The molecule has 2 heterocycles. The van der Waals surface area contributed by atoms with Crippen LogP contribution in [-0.2, 0) is 0 Å². The Balaban J connectivity index is 2.29. The molecule has 1 N–H and O–H groups in total. The quantitative estimate of drug-likeness (QED) is 0.746. The van der Waals surface area contributed by atoms with Crippen molar-refractivity contribution in [3.63, 3.8) is 0 Å². The maximum atomic E-state index is 11.2. The minimum atomic E-state index is -0.250. The highest BCUT2D eigenvalue weighted by molar-refractivity contribution is 5.91. The molecule has 0 radical (unpaired) electrons. The monoisotopic (exact) mass is 203 g/mol. The Bertz CT molecular complexity index is 448. The van der Waals surface area contributed by atoms with E-state index < -0.39 is 0 Å². The van der Waals surface area contributed by atoms with Crippen molar-refractivity contribution in [3.8, 4) is 5.82 Å². The van der Waals surface area contributed by atoms with E-state index in [4.69, 9.17) is 0 Å². The zero-order chi connectivity index (χ0) is 10.7. The van der Waals surface area contributed by atoms with Crippen molar-refractivity contribution in [1.82, 2.24) is 25.1 Å². The van der Waals surface area contributed by atoms with Gasteiger partial charge in [-0.25, -0.2) is 4.98 Å². The molecule has 6 nitrogen and oxygen atoms in total. The molecule has 0 aliphatic carbocycles. The number of hydrogen-bond acceptors (Lipinski definition) is 4. The number of hydrogen-bond donors (Lipinski definition) is 1. The summed E-state index contributed by atoms with van der Waals surface area (Å²) in [5.74, 6) is 0.375. The third-order valence-electron chi connectivity index (χ3n) is 1.88. The van der Waals surface area contributed by atoms with Crippen LogP contribution in [0.25, 0.3) is 5.82 Å². The van der Waals surface area contributed by atoms with Gasteiger partial charge in [-0.1, -0.05) is 0 Å². The van der Waals surface area contributed by atoms with Crippen molar-refractivity contribution in [3.05, 3.63) is 36.5 Å². The Kier molecular flexibility index (Phi) is 2.40. The fourth-order valence-corrected chi connectivity index (χ4v) is 1.11. The summed E-state index contributed by atoms with van der Waals surface area (Å²) in [5.41, 5.74) is 0.293. The molecule has 0 fully saturated rings. The van der Waals surface area contributed by atoms with Crippen LogP contribution in [0.4, 0.5) is 0 Å². The molecule has 76 valence electrons. The first-order valence-corrected chi connectivity index (χ1v) is 4.35. The number of nitrogens with zero attached hydrogens (tertiary/aromatic N) is 4. The predicted molar refractivity (Wildman–Crippen MR) is 52.5 cm³/mol. The number of imidazole rings is 1. The number of nitrogens with one attached hydrogen (secondary N) is 1. The van der Waals surface area contributed by atoms with Crippen LogP contribution < -0.4 is 5.32 Å². The van der Waals surface area contributed by atoms with Crippen LogP contribution >= 0.6 is 0 Å². The highest BCUT2D eigenvalue weighted by Crippen LogP contribution is 2.02. The molecule has 15 heavy (non-hydrogen) atoms. The van der Waals surface area contributed by atoms with E-state index in [1.165, 1.54) is 0 Å². The highest BCUT2D eigenvalue weighted by atomic mass is 16.1. The summed E-state index contributed by atoms with van der Waals surface area (Å²) in [6.07, 6.45) is 5.02. The Morgan fingerprint density at radius 2 is 2.27 bits per heavy atom. The minimum absolute atomic E-state index is 0.250. The van der Waals surface area contributed by atoms with Gasteiger partial charge in [0.15, 0.2) is 11.5 Å². The van der Waals surface area contributed by atoms with Crippen LogP contribution in [0.2, 0.25) is 0 Å². The molecule has 0 aliphatic heterocycles. The molecule has 1 amide bonds. The normalized spacial score (nSPS) is 9.93. The molecule has 0 bridgehead atoms. The lowest BCUT2D eigenvalue weighted by Crippen LogP contribution is -2.19. The van der Waals surface area contributed by atoms with Gasteiger partial charge in [0.1, 0.15) is 6.33 Å². The second kappa shape index (κ2) is 3.87. The van der Waals surface area contributed by atoms with Crippen LogP contribution in [0, 0.1) is 0 Å². The Hall–Kier alpha value is -2.24. The Morgan fingerprint density at radius 3 is 2.80 bits per heavy atom. The predicted octanol–water partition coefficient (Wildman–Crippen LogP) is 0.0219. The van der Waals surface area contributed by atoms with E-state index in [0.717, 1.165) is 0 Å². The largest absolute Gasteiger partial charge is 0.354 e. The first kappa shape index (κ1) is 9.32. The summed E-state index contributed by atoms with van der Waals surface area (Å²) in [7, 11) is 1.55. The van der Waals surface area contributed by atoms with Gasteiger partial charge < -0.3 is 5.32 Å². The van der Waals surface area contributed by atoms with Gasteiger partial charge >= 0.3 is 0 Å². The molecule has 0 aliphatic rings. The van der Waals surface area contributed by atoms with Gasteiger partial charge in [0, 0.05) is 19.4 Å². The van der Waals surface area contributed by atoms with Crippen LogP contribution in [0.1, 0.15) is 10.5 Å². The summed E-state index contributed by atoms with van der Waals surface area (Å²) >= 11 is 0. The van der Waals surface area contributed by atoms with E-state index in [0.29, 0.717) is 11.5 Å². The van der Waals surface area contributed by atoms with Gasteiger partial charge in [0.05, 0.1) is 0 Å². The van der Waals surface area contributed by atoms with Crippen molar-refractivity contribution in [2.24, 2.45) is 0 Å². The number of amides is 1. The average Bonchev–Trinajstić information content (AvgIpc) is 2.82. The zero-order valence-electron chi connectivity index (χ0n) is 8.08. The molecule has 2 aromatic rings. The van der Waals surface area contributed by atoms with Crippen molar-refractivity contribution in [1.29, 1.82) is 0 Å². The van der Waals surface area contributed by atoms with E-state index in [-0.39, 0.29) is 5.91 Å². The van der Waals surface area contributed by atoms with Crippen LogP contribution in [0.15, 0.2) is 30.9 Å². The van der Waals surface area contributed by atoms with Crippen molar-refractivity contribution in [2.75, 3.05) is 7.05 Å². The summed E-state index contributed by atoms with van der Waals surface area (Å²) in [6, 6.07) is 3.32. The Labute approximate surface area is 86.0 Å². The SMILES string of the molecule is CNC(=O)c1ccc(-n2ccnc2)nn1. The molecule has 0 saturated heterocycles. The van der Waals surface area contributed by atoms with Crippen molar-refractivity contribution < 1.29 is 4.79 Å². The molecule has 0 atom stereocenters. The van der Waals surface area contributed by atoms with E-state index in [2.05, 4.69) is 20.5 Å². The van der Waals surface area contributed by atoms with Gasteiger partial charge in [0.2, 0.25) is 0 Å². The molecular weight excluding hydrogens is 194 g/mol. The van der Waals surface area contributed by atoms with E-state index in [1.54, 1.807) is 42.5 Å². The first-order chi connectivity index (χ1) is 7.31. The molecule has 2 aromatic heterocycles. The molecule has 0 spiro atoms. The summed E-state index contributed by atoms with van der Waals surface area (Å²) in [4.78, 5) is 15.1. The van der Waals surface area contributed by atoms with Crippen LogP contribution in [-0.4, -0.2) is 32.7 Å². The van der Waals surface area contributed by atoms with Gasteiger partial charge in [-0.2, -0.15) is 0 Å². The summed E-state index contributed by atoms with van der Waals surface area (Å²) in [5, 5.41) is 10.2. The lowest BCUT2D eigenvalue weighted by atomic mass is 10.3. The van der Waals surface area contributed by atoms with Crippen molar-refractivity contribution in [2.45, 2.75) is 0 Å². The Morgan fingerprint density at radius 1 is 1.40 bits per heavy atom. The van der Waals surface area contributed by atoms with Crippen LogP contribution in [0.5, 0.6) is 0 Å². The second-order valence-corrected chi connectivity index (χ2v) is 2.83. The lowest BCUT2D eigenvalue weighted by molar-refractivity contribution is 0.0957. The van der Waals surface area contributed by atoms with Gasteiger partial charge in [-0.05, 0) is 12.1 Å². The number of rotatable bonds is 2. The molecule has 0 aromatic carbocycles. The summed E-state index contributed by atoms with van der Waals surface area (Å²) < 4.78 is 1.71. The van der Waals surface area contributed by atoms with Gasteiger partial charge in [-0.3, -0.25) is 9.36 Å². The number of aromatic nitrogens is 4. The zero-order valence-corrected chi connectivity index (χ0v) is 8.08. The van der Waals surface area contributed by atoms with E-state index >= 15 is 0 Å². The minimum Gasteiger partial charge on any atom is -0.354 e. The molecule has 0 unspecified atom stereocenters. The molecule has 0 saturated carbocycles. The summed E-state index contributed by atoms with van der Waals surface area (Å²) in [6.45, 7) is 0. The smallest absolute Gasteiger partial charge is 0.271 e. The highest BCUT2D eigenvalue weighted by Gasteiger charge is 2.05. The van der Waals surface area contributed by atoms with E-state index in [1.807, 2.05) is 0 Å². The number of carbonyl (C=O) groups is 1. The average molecular weight is 203 g/mol. The number of carbonyl (C=O) groups excluding carboxylic acids is 1. The topological polar surface area (TPSA) is 72.7 Å². The molecular formula is C9H9N5O. The van der Waals surface area contributed by atoms with Crippen molar-refractivity contribution >= 4 is 5.91 Å². The first-order valence-electron chi connectivity index (χ1n) is 4.35. The third kappa shape index (κ3) is 1.83. The molecule has 6 heteroatoms. The maximum absolute atomic E-state index is 11.2. The fourth-order valence-electron chi connectivity index (χ4n) is 1.11. The second-order valence-electron chi connectivity index (χ2n) is 2.83. The standard InChI is InChI=1S/C9H9N5O/c1-10-9(15)7-2-3-8(13-12-7)14-5-4-11-6-14/h2-6H,1H3,(H,10,15).